The predicted molar refractivity (Wildman–Crippen MR) is 119 cm³/mol. The molecule has 0 fully saturated rings. The van der Waals surface area contributed by atoms with Gasteiger partial charge in [0.05, 0.1) is 5.69 Å². The van der Waals surface area contributed by atoms with Crippen LogP contribution in [0.15, 0.2) is 90.3 Å². The maximum Gasteiger partial charge on any atom is 0.175 e. The van der Waals surface area contributed by atoms with Crippen LogP contribution in [0.3, 0.4) is 0 Å². The predicted octanol–water partition coefficient (Wildman–Crippen LogP) is 6.29. The lowest BCUT2D eigenvalue weighted by Crippen LogP contribution is -2.18. The van der Waals surface area contributed by atoms with E-state index in [2.05, 4.69) is 40.3 Å². The molecule has 0 aliphatic carbocycles. The Kier molecular flexibility index (Phi) is 5.23. The molecule has 132 valence electrons. The van der Waals surface area contributed by atoms with Crippen molar-refractivity contribution in [2.75, 3.05) is 10.6 Å². The molecule has 0 saturated heterocycles. The van der Waals surface area contributed by atoms with Crippen LogP contribution in [0.1, 0.15) is 0 Å². The van der Waals surface area contributed by atoms with Crippen molar-refractivity contribution in [1.29, 1.82) is 0 Å². The van der Waals surface area contributed by atoms with Crippen molar-refractivity contribution >= 4 is 40.0 Å². The molecule has 4 rings (SSSR count). The summed E-state index contributed by atoms with van der Waals surface area (Å²) < 4.78 is 0. The first-order valence-corrected chi connectivity index (χ1v) is 9.81. The maximum absolute atomic E-state index is 5.37. The van der Waals surface area contributed by atoms with Gasteiger partial charge in [-0.05, 0) is 36.5 Å². The van der Waals surface area contributed by atoms with E-state index < -0.39 is 0 Å². The molecule has 27 heavy (non-hydrogen) atoms. The largest absolute Gasteiger partial charge is 0.332 e. The van der Waals surface area contributed by atoms with Crippen molar-refractivity contribution in [2.45, 2.75) is 0 Å². The van der Waals surface area contributed by atoms with Gasteiger partial charge in [0.25, 0.3) is 0 Å². The average Bonchev–Trinajstić information content (AvgIpc) is 3.20. The molecular formula is C22H17N3S2. The summed E-state index contributed by atoms with van der Waals surface area (Å²) in [5.41, 5.74) is 5.11. The lowest BCUT2D eigenvalue weighted by Gasteiger charge is -2.10. The van der Waals surface area contributed by atoms with Crippen molar-refractivity contribution in [1.82, 2.24) is 4.98 Å². The van der Waals surface area contributed by atoms with E-state index in [9.17, 15) is 0 Å². The topological polar surface area (TPSA) is 37.0 Å². The Bertz CT molecular complexity index is 1030. The number of anilines is 2. The first-order valence-electron chi connectivity index (χ1n) is 8.52. The highest BCUT2D eigenvalue weighted by atomic mass is 32.1. The van der Waals surface area contributed by atoms with Crippen LogP contribution < -0.4 is 10.6 Å². The molecule has 0 unspecified atom stereocenters. The van der Waals surface area contributed by atoms with Gasteiger partial charge in [-0.2, -0.15) is 0 Å². The third-order valence-corrected chi connectivity index (χ3v) is 5.09. The van der Waals surface area contributed by atoms with E-state index in [0.717, 1.165) is 33.2 Å². The van der Waals surface area contributed by atoms with Gasteiger partial charge in [-0.3, -0.25) is 0 Å². The number of rotatable bonds is 4. The molecule has 0 radical (unpaired) electrons. The normalized spacial score (nSPS) is 10.4. The molecule has 0 amide bonds. The summed E-state index contributed by atoms with van der Waals surface area (Å²) in [6, 6.07) is 28.2. The number of nitrogens with one attached hydrogen (secondary N) is 2. The molecule has 2 N–H and O–H groups in total. The van der Waals surface area contributed by atoms with Crippen LogP contribution in [0.25, 0.3) is 21.8 Å². The Balaban J connectivity index is 1.43. The van der Waals surface area contributed by atoms with Gasteiger partial charge in [0.2, 0.25) is 0 Å². The number of thiocarbonyl (C=S) groups is 1. The number of hydrogen-bond donors (Lipinski definition) is 2. The lowest BCUT2D eigenvalue weighted by molar-refractivity contribution is 1.40. The van der Waals surface area contributed by atoms with Crippen LogP contribution in [-0.4, -0.2) is 10.1 Å². The van der Waals surface area contributed by atoms with Gasteiger partial charge in [-0.25, -0.2) is 4.98 Å². The zero-order chi connectivity index (χ0) is 18.5. The average molecular weight is 388 g/mol. The minimum atomic E-state index is 0.564. The number of hydrogen-bond acceptors (Lipinski definition) is 3. The minimum Gasteiger partial charge on any atom is -0.332 e. The van der Waals surface area contributed by atoms with Crippen molar-refractivity contribution < 1.29 is 0 Å². The molecule has 3 aromatic carbocycles. The van der Waals surface area contributed by atoms with Crippen molar-refractivity contribution in [2.24, 2.45) is 0 Å². The molecule has 1 heterocycles. The highest BCUT2D eigenvalue weighted by Gasteiger charge is 2.07. The number of para-hydroxylation sites is 1. The van der Waals surface area contributed by atoms with Crippen LogP contribution >= 0.6 is 23.6 Å². The highest BCUT2D eigenvalue weighted by molar-refractivity contribution is 7.80. The van der Waals surface area contributed by atoms with E-state index in [4.69, 9.17) is 17.2 Å². The summed E-state index contributed by atoms with van der Waals surface area (Å²) in [4.78, 5) is 4.76. The zero-order valence-corrected chi connectivity index (χ0v) is 16.1. The lowest BCUT2D eigenvalue weighted by atomic mass is 10.1. The first kappa shape index (κ1) is 17.4. The molecule has 3 nitrogen and oxygen atoms in total. The fourth-order valence-corrected chi connectivity index (χ4v) is 3.73. The minimum absolute atomic E-state index is 0.564. The quantitative estimate of drug-likeness (QED) is 0.404. The van der Waals surface area contributed by atoms with E-state index in [1.807, 2.05) is 60.7 Å². The van der Waals surface area contributed by atoms with E-state index in [1.54, 1.807) is 11.3 Å². The van der Waals surface area contributed by atoms with Gasteiger partial charge < -0.3 is 10.6 Å². The van der Waals surface area contributed by atoms with Crippen molar-refractivity contribution in [3.05, 3.63) is 90.3 Å². The molecule has 0 bridgehead atoms. The number of thiazole rings is 1. The molecular weight excluding hydrogens is 370 g/mol. The molecule has 0 spiro atoms. The van der Waals surface area contributed by atoms with Crippen LogP contribution in [0.2, 0.25) is 0 Å². The van der Waals surface area contributed by atoms with Crippen LogP contribution in [-0.2, 0) is 0 Å². The van der Waals surface area contributed by atoms with E-state index in [1.165, 1.54) is 0 Å². The van der Waals surface area contributed by atoms with Crippen molar-refractivity contribution in [3.8, 4) is 21.8 Å². The summed E-state index contributed by atoms with van der Waals surface area (Å²) in [7, 11) is 0. The summed E-state index contributed by atoms with van der Waals surface area (Å²) in [5.74, 6) is 0. The molecule has 0 aliphatic heterocycles. The van der Waals surface area contributed by atoms with Gasteiger partial charge in [0.1, 0.15) is 5.01 Å². The molecule has 4 aromatic rings. The molecule has 1 aromatic heterocycles. The molecule has 0 atom stereocenters. The molecule has 0 saturated carbocycles. The Labute approximate surface area is 167 Å². The second kappa shape index (κ2) is 8.12. The van der Waals surface area contributed by atoms with Crippen molar-refractivity contribution in [3.63, 3.8) is 0 Å². The SMILES string of the molecule is S=C(Nc1ccccc1)Nc1ccc(-c2csc(-c3ccccc3)n2)cc1. The Morgan fingerprint density at radius 1 is 0.704 bits per heavy atom. The van der Waals surface area contributed by atoms with Gasteiger partial charge in [0, 0.05) is 27.9 Å². The fraction of sp³-hybridized carbons (Fsp3) is 0. The second-order valence-corrected chi connectivity index (χ2v) is 7.19. The fourth-order valence-electron chi connectivity index (χ4n) is 2.66. The van der Waals surface area contributed by atoms with Gasteiger partial charge >= 0.3 is 0 Å². The highest BCUT2D eigenvalue weighted by Crippen LogP contribution is 2.29. The summed E-state index contributed by atoms with van der Waals surface area (Å²) >= 11 is 7.02. The number of aromatic nitrogens is 1. The second-order valence-electron chi connectivity index (χ2n) is 5.93. The maximum atomic E-state index is 5.37. The smallest absolute Gasteiger partial charge is 0.175 e. The summed E-state index contributed by atoms with van der Waals surface area (Å²) in [5, 5.41) is 10.1. The third kappa shape index (κ3) is 4.39. The van der Waals surface area contributed by atoms with Crippen LogP contribution in [0, 0.1) is 0 Å². The van der Waals surface area contributed by atoms with Gasteiger partial charge in [-0.15, -0.1) is 11.3 Å². The van der Waals surface area contributed by atoms with E-state index in [-0.39, 0.29) is 0 Å². The summed E-state index contributed by atoms with van der Waals surface area (Å²) in [6.07, 6.45) is 0. The first-order chi connectivity index (χ1) is 13.3. The van der Waals surface area contributed by atoms with E-state index >= 15 is 0 Å². The monoisotopic (exact) mass is 387 g/mol. The van der Waals surface area contributed by atoms with Crippen LogP contribution in [0.4, 0.5) is 11.4 Å². The third-order valence-electron chi connectivity index (χ3n) is 4.00. The zero-order valence-electron chi connectivity index (χ0n) is 14.4. The Morgan fingerprint density at radius 2 is 1.30 bits per heavy atom. The number of nitrogens with zero attached hydrogens (tertiary/aromatic N) is 1. The van der Waals surface area contributed by atoms with E-state index in [0.29, 0.717) is 5.11 Å². The number of benzene rings is 3. The Morgan fingerprint density at radius 3 is 1.96 bits per heavy atom. The van der Waals surface area contributed by atoms with Gasteiger partial charge in [0.15, 0.2) is 5.11 Å². The Hall–Kier alpha value is -3.02. The molecule has 5 heteroatoms. The summed E-state index contributed by atoms with van der Waals surface area (Å²) in [6.45, 7) is 0. The standard InChI is InChI=1S/C22H17N3S2/c26-22(23-18-9-5-2-6-10-18)24-19-13-11-16(12-14-19)20-15-27-21(25-20)17-7-3-1-4-8-17/h1-15H,(H2,23,24,26). The van der Waals surface area contributed by atoms with Crippen LogP contribution in [0.5, 0.6) is 0 Å². The van der Waals surface area contributed by atoms with Gasteiger partial charge in [-0.1, -0.05) is 60.7 Å². The molecule has 0 aliphatic rings.